The number of nitrogens with one attached hydrogen (secondary N) is 1. The van der Waals surface area contributed by atoms with E-state index in [9.17, 15) is 0 Å². The minimum absolute atomic E-state index is 0.539. The Labute approximate surface area is 114 Å². The Bertz CT molecular complexity index is 316. The van der Waals surface area contributed by atoms with Gasteiger partial charge in [-0.3, -0.25) is 0 Å². The van der Waals surface area contributed by atoms with Crippen molar-refractivity contribution in [2.24, 2.45) is 0 Å². The van der Waals surface area contributed by atoms with Gasteiger partial charge in [0.15, 0.2) is 0 Å². The Hall–Kier alpha value is -0.490. The summed E-state index contributed by atoms with van der Waals surface area (Å²) in [4.78, 5) is 4.59. The first-order valence-electron chi connectivity index (χ1n) is 6.45. The van der Waals surface area contributed by atoms with Crippen LogP contribution in [-0.2, 0) is 22.3 Å². The van der Waals surface area contributed by atoms with Gasteiger partial charge in [-0.1, -0.05) is 13.8 Å². The Kier molecular flexibility index (Phi) is 8.17. The number of methoxy groups -OCH3 is 1. The quantitative estimate of drug-likeness (QED) is 0.661. The van der Waals surface area contributed by atoms with E-state index in [2.05, 4.69) is 29.5 Å². The fourth-order valence-corrected chi connectivity index (χ4v) is 2.29. The summed E-state index contributed by atoms with van der Waals surface area (Å²) in [7, 11) is 1.68. The smallest absolute Gasteiger partial charge is 0.0951 e. The summed E-state index contributed by atoms with van der Waals surface area (Å²) in [6, 6.07) is 0.539. The summed E-state index contributed by atoms with van der Waals surface area (Å²) in [5.41, 5.74) is 1.18. The number of hydrogen-bond donors (Lipinski definition) is 1. The molecule has 0 aromatic carbocycles. The van der Waals surface area contributed by atoms with E-state index in [1.165, 1.54) is 5.69 Å². The van der Waals surface area contributed by atoms with Crippen molar-refractivity contribution >= 4 is 11.3 Å². The molecule has 0 aliphatic heterocycles. The van der Waals surface area contributed by atoms with Crippen LogP contribution in [-0.4, -0.2) is 44.5 Å². The fraction of sp³-hybridized carbons (Fsp3) is 0.769. The van der Waals surface area contributed by atoms with Crippen LogP contribution in [0, 0.1) is 0 Å². The molecule has 104 valence electrons. The second kappa shape index (κ2) is 9.44. The highest BCUT2D eigenvalue weighted by atomic mass is 32.1. The third-order valence-corrected chi connectivity index (χ3v) is 3.38. The molecule has 0 bridgehead atoms. The summed E-state index contributed by atoms with van der Waals surface area (Å²) in [5, 5.41) is 6.70. The summed E-state index contributed by atoms with van der Waals surface area (Å²) in [6.07, 6.45) is 1.89. The Morgan fingerprint density at radius 2 is 2.11 bits per heavy atom. The maximum absolute atomic E-state index is 5.43. The average Bonchev–Trinajstić information content (AvgIpc) is 2.76. The predicted octanol–water partition coefficient (Wildman–Crippen LogP) is 1.89. The second-order valence-corrected chi connectivity index (χ2v) is 5.39. The van der Waals surface area contributed by atoms with Gasteiger partial charge in [0.05, 0.1) is 30.5 Å². The van der Waals surface area contributed by atoms with Gasteiger partial charge in [0.1, 0.15) is 0 Å². The summed E-state index contributed by atoms with van der Waals surface area (Å²) >= 11 is 1.72. The normalized spacial score (nSPS) is 11.3. The highest BCUT2D eigenvalue weighted by Gasteiger charge is 2.02. The van der Waals surface area contributed by atoms with Gasteiger partial charge in [-0.15, -0.1) is 11.3 Å². The molecule has 0 atom stereocenters. The lowest BCUT2D eigenvalue weighted by Gasteiger charge is -2.05. The zero-order valence-corrected chi connectivity index (χ0v) is 12.4. The molecule has 0 aliphatic rings. The number of hydrogen-bond acceptors (Lipinski definition) is 5. The van der Waals surface area contributed by atoms with Gasteiger partial charge in [0.2, 0.25) is 0 Å². The van der Waals surface area contributed by atoms with Crippen molar-refractivity contribution in [2.45, 2.75) is 32.7 Å². The van der Waals surface area contributed by atoms with Crippen molar-refractivity contribution in [1.82, 2.24) is 10.3 Å². The molecular weight excluding hydrogens is 248 g/mol. The van der Waals surface area contributed by atoms with Gasteiger partial charge >= 0.3 is 0 Å². The van der Waals surface area contributed by atoms with Crippen molar-refractivity contribution in [3.63, 3.8) is 0 Å². The molecule has 0 spiro atoms. The van der Waals surface area contributed by atoms with Crippen LogP contribution in [0.2, 0.25) is 0 Å². The molecule has 1 rings (SSSR count). The molecule has 0 amide bonds. The first kappa shape index (κ1) is 15.6. The molecule has 5 heteroatoms. The lowest BCUT2D eigenvalue weighted by Crippen LogP contribution is -2.25. The maximum atomic E-state index is 5.43. The van der Waals surface area contributed by atoms with E-state index >= 15 is 0 Å². The fourth-order valence-electron chi connectivity index (χ4n) is 1.47. The second-order valence-electron chi connectivity index (χ2n) is 4.45. The van der Waals surface area contributed by atoms with Gasteiger partial charge in [0, 0.05) is 37.9 Å². The minimum Gasteiger partial charge on any atom is -0.382 e. The molecule has 0 aliphatic carbocycles. The van der Waals surface area contributed by atoms with Crippen LogP contribution in [0.1, 0.15) is 24.5 Å². The molecule has 18 heavy (non-hydrogen) atoms. The van der Waals surface area contributed by atoms with Gasteiger partial charge in [0.25, 0.3) is 0 Å². The van der Waals surface area contributed by atoms with Gasteiger partial charge in [-0.25, -0.2) is 4.98 Å². The molecule has 0 unspecified atom stereocenters. The SMILES string of the molecule is COCCOCCc1nc(CCNC(C)C)cs1. The molecule has 1 N–H and O–H groups in total. The maximum Gasteiger partial charge on any atom is 0.0951 e. The number of rotatable bonds is 10. The lowest BCUT2D eigenvalue weighted by atomic mass is 10.3. The number of ether oxygens (including phenoxy) is 2. The largest absolute Gasteiger partial charge is 0.382 e. The first-order valence-corrected chi connectivity index (χ1v) is 7.33. The van der Waals surface area contributed by atoms with Crippen molar-refractivity contribution < 1.29 is 9.47 Å². The van der Waals surface area contributed by atoms with Crippen LogP contribution >= 0.6 is 11.3 Å². The predicted molar refractivity (Wildman–Crippen MR) is 75.4 cm³/mol. The van der Waals surface area contributed by atoms with Crippen molar-refractivity contribution in [2.75, 3.05) is 33.5 Å². The minimum atomic E-state index is 0.539. The highest BCUT2D eigenvalue weighted by molar-refractivity contribution is 7.09. The standard InChI is InChI=1S/C13H24N2O2S/c1-11(2)14-6-4-12-10-18-13(15-12)5-7-17-9-8-16-3/h10-11,14H,4-9H2,1-3H3. The number of thiazole rings is 1. The van der Waals surface area contributed by atoms with Crippen LogP contribution < -0.4 is 5.32 Å². The van der Waals surface area contributed by atoms with Gasteiger partial charge < -0.3 is 14.8 Å². The van der Waals surface area contributed by atoms with Crippen LogP contribution in [0.25, 0.3) is 0 Å². The zero-order chi connectivity index (χ0) is 13.2. The van der Waals surface area contributed by atoms with Crippen molar-refractivity contribution in [3.8, 4) is 0 Å². The Balaban J connectivity index is 2.13. The molecule has 0 radical (unpaired) electrons. The Morgan fingerprint density at radius 3 is 2.83 bits per heavy atom. The van der Waals surface area contributed by atoms with Crippen molar-refractivity contribution in [1.29, 1.82) is 0 Å². The van der Waals surface area contributed by atoms with Crippen LogP contribution in [0.5, 0.6) is 0 Å². The van der Waals surface area contributed by atoms with Crippen LogP contribution in [0.15, 0.2) is 5.38 Å². The van der Waals surface area contributed by atoms with E-state index in [-0.39, 0.29) is 0 Å². The molecule has 0 saturated heterocycles. The molecular formula is C13H24N2O2S. The number of aromatic nitrogens is 1. The Morgan fingerprint density at radius 1 is 1.28 bits per heavy atom. The lowest BCUT2D eigenvalue weighted by molar-refractivity contribution is 0.0722. The average molecular weight is 272 g/mol. The van der Waals surface area contributed by atoms with Crippen LogP contribution in [0.4, 0.5) is 0 Å². The van der Waals surface area contributed by atoms with E-state index in [4.69, 9.17) is 9.47 Å². The highest BCUT2D eigenvalue weighted by Crippen LogP contribution is 2.10. The van der Waals surface area contributed by atoms with E-state index in [0.29, 0.717) is 19.3 Å². The van der Waals surface area contributed by atoms with E-state index < -0.39 is 0 Å². The van der Waals surface area contributed by atoms with Crippen LogP contribution in [0.3, 0.4) is 0 Å². The topological polar surface area (TPSA) is 43.4 Å². The van der Waals surface area contributed by atoms with Gasteiger partial charge in [-0.05, 0) is 0 Å². The van der Waals surface area contributed by atoms with E-state index in [1.54, 1.807) is 18.4 Å². The molecule has 4 nitrogen and oxygen atoms in total. The first-order chi connectivity index (χ1) is 8.72. The molecule has 0 saturated carbocycles. The third kappa shape index (κ3) is 7.06. The third-order valence-electron chi connectivity index (χ3n) is 2.43. The number of nitrogens with zero attached hydrogens (tertiary/aromatic N) is 1. The van der Waals surface area contributed by atoms with Gasteiger partial charge in [-0.2, -0.15) is 0 Å². The summed E-state index contributed by atoms with van der Waals surface area (Å²) < 4.78 is 10.3. The molecule has 0 fully saturated rings. The van der Waals surface area contributed by atoms with Crippen molar-refractivity contribution in [3.05, 3.63) is 16.1 Å². The summed E-state index contributed by atoms with van der Waals surface area (Å²) in [6.45, 7) is 7.34. The monoisotopic (exact) mass is 272 g/mol. The molecule has 1 heterocycles. The summed E-state index contributed by atoms with van der Waals surface area (Å²) in [5.74, 6) is 0. The zero-order valence-electron chi connectivity index (χ0n) is 11.6. The molecule has 1 aromatic heterocycles. The van der Waals surface area contributed by atoms with E-state index in [0.717, 1.165) is 31.0 Å². The van der Waals surface area contributed by atoms with E-state index in [1.807, 2.05) is 0 Å². The molecule has 1 aromatic rings.